The Kier molecular flexibility index (Phi) is 18.2. The molecular weight excluding hydrogens is 554 g/mol. The van der Waals surface area contributed by atoms with E-state index in [4.69, 9.17) is 15.9 Å². The summed E-state index contributed by atoms with van der Waals surface area (Å²) in [6, 6.07) is -6.09. The summed E-state index contributed by atoms with van der Waals surface area (Å²) < 4.78 is 0. The van der Waals surface area contributed by atoms with Gasteiger partial charge in [0.05, 0.1) is 6.61 Å². The average Bonchev–Trinajstić information content (AvgIpc) is 2.87. The topological polar surface area (TPSA) is 237 Å². The fourth-order valence-corrected chi connectivity index (χ4v) is 4.16. The number of aliphatic carboxylic acids is 2. The van der Waals surface area contributed by atoms with E-state index in [1.807, 2.05) is 0 Å². The second-order valence-electron chi connectivity index (χ2n) is 9.04. The maximum atomic E-state index is 13.2. The number of thioether (sulfide) groups is 2. The van der Waals surface area contributed by atoms with Crippen LogP contribution in [0.25, 0.3) is 0 Å². The lowest BCUT2D eigenvalue weighted by molar-refractivity contribution is -0.143. The molecule has 224 valence electrons. The van der Waals surface area contributed by atoms with Gasteiger partial charge in [0, 0.05) is 6.42 Å². The highest BCUT2D eigenvalue weighted by Crippen LogP contribution is 2.09. The number of nitrogens with one attached hydrogen (secondary N) is 4. The number of carboxylic acid groups (broad SMARTS) is 2. The number of nitrogens with two attached hydrogens (primary N) is 1. The van der Waals surface area contributed by atoms with Gasteiger partial charge in [0.1, 0.15) is 30.2 Å². The molecule has 5 atom stereocenters. The lowest BCUT2D eigenvalue weighted by atomic mass is 10.0. The van der Waals surface area contributed by atoms with E-state index in [1.165, 1.54) is 23.5 Å². The predicted octanol–water partition coefficient (Wildman–Crippen LogP) is -1.64. The van der Waals surface area contributed by atoms with Crippen LogP contribution in [0.15, 0.2) is 0 Å². The molecule has 0 heterocycles. The Balaban J connectivity index is 5.77. The van der Waals surface area contributed by atoms with Crippen molar-refractivity contribution in [3.8, 4) is 0 Å². The number of carbonyl (C=O) groups is 6. The first-order valence-electron chi connectivity index (χ1n) is 12.3. The third kappa shape index (κ3) is 14.4. The number of amides is 4. The summed E-state index contributed by atoms with van der Waals surface area (Å²) in [5.41, 5.74) is 5.51. The van der Waals surface area contributed by atoms with Crippen LogP contribution < -0.4 is 27.0 Å². The first-order valence-corrected chi connectivity index (χ1v) is 15.1. The highest BCUT2D eigenvalue weighted by molar-refractivity contribution is 7.98. The van der Waals surface area contributed by atoms with Crippen molar-refractivity contribution in [2.45, 2.75) is 69.7 Å². The van der Waals surface area contributed by atoms with Crippen molar-refractivity contribution in [2.24, 2.45) is 11.7 Å². The number of aliphatic hydroxyl groups excluding tert-OH is 1. The molecule has 0 aliphatic carbocycles. The zero-order valence-electron chi connectivity index (χ0n) is 22.6. The van der Waals surface area contributed by atoms with E-state index in [0.29, 0.717) is 11.5 Å². The number of carbonyl (C=O) groups excluding carboxylic acids is 4. The van der Waals surface area contributed by atoms with Crippen molar-refractivity contribution >= 4 is 59.1 Å². The van der Waals surface area contributed by atoms with Gasteiger partial charge in [-0.3, -0.25) is 24.0 Å². The van der Waals surface area contributed by atoms with Crippen molar-refractivity contribution in [1.82, 2.24) is 21.3 Å². The second-order valence-corrected chi connectivity index (χ2v) is 11.0. The SMILES string of the molecule is CSCC[C@H](NC(=O)[C@H](CCC(=O)O)NC(=O)[C@H](CCSC)NC(=O)[C@@H](NC(=O)[C@@H](N)CO)C(C)C)C(=O)O. The van der Waals surface area contributed by atoms with Crippen molar-refractivity contribution in [2.75, 3.05) is 30.6 Å². The molecule has 0 aromatic heterocycles. The highest BCUT2D eigenvalue weighted by Gasteiger charge is 2.32. The summed E-state index contributed by atoms with van der Waals surface area (Å²) >= 11 is 2.78. The lowest BCUT2D eigenvalue weighted by Gasteiger charge is -2.27. The van der Waals surface area contributed by atoms with Crippen molar-refractivity contribution in [3.05, 3.63) is 0 Å². The van der Waals surface area contributed by atoms with Gasteiger partial charge in [0.25, 0.3) is 0 Å². The zero-order valence-corrected chi connectivity index (χ0v) is 24.2. The molecule has 0 unspecified atom stereocenters. The lowest BCUT2D eigenvalue weighted by Crippen LogP contribution is -2.59. The molecule has 4 amide bonds. The molecule has 0 fully saturated rings. The van der Waals surface area contributed by atoms with Crippen LogP contribution in [0.2, 0.25) is 0 Å². The summed E-state index contributed by atoms with van der Waals surface area (Å²) in [5.74, 6) is -5.10. The van der Waals surface area contributed by atoms with Gasteiger partial charge < -0.3 is 42.3 Å². The molecule has 14 nitrogen and oxygen atoms in total. The third-order valence-electron chi connectivity index (χ3n) is 5.53. The van der Waals surface area contributed by atoms with E-state index >= 15 is 0 Å². The largest absolute Gasteiger partial charge is 0.481 e. The normalized spacial score (nSPS) is 14.8. The maximum Gasteiger partial charge on any atom is 0.326 e. The van der Waals surface area contributed by atoms with Gasteiger partial charge in [-0.25, -0.2) is 4.79 Å². The van der Waals surface area contributed by atoms with Crippen LogP contribution in [0.5, 0.6) is 0 Å². The van der Waals surface area contributed by atoms with E-state index in [2.05, 4.69) is 21.3 Å². The summed E-state index contributed by atoms with van der Waals surface area (Å²) in [5, 5.41) is 37.4. The van der Waals surface area contributed by atoms with Crippen LogP contribution in [0.4, 0.5) is 0 Å². The molecule has 0 saturated carbocycles. The van der Waals surface area contributed by atoms with E-state index in [0.717, 1.165) is 0 Å². The number of hydrogen-bond acceptors (Lipinski definition) is 10. The molecule has 0 radical (unpaired) electrons. The number of hydrogen-bond donors (Lipinski definition) is 8. The smallest absolute Gasteiger partial charge is 0.326 e. The van der Waals surface area contributed by atoms with Crippen LogP contribution in [-0.2, 0) is 28.8 Å². The molecule has 0 spiro atoms. The minimum Gasteiger partial charge on any atom is -0.481 e. The summed E-state index contributed by atoms with van der Waals surface area (Å²) in [6.45, 7) is 2.69. The molecule has 0 rings (SSSR count). The van der Waals surface area contributed by atoms with Gasteiger partial charge >= 0.3 is 11.9 Å². The van der Waals surface area contributed by atoms with Crippen LogP contribution in [-0.4, -0.2) is 112 Å². The van der Waals surface area contributed by atoms with Gasteiger partial charge in [-0.2, -0.15) is 23.5 Å². The van der Waals surface area contributed by atoms with Crippen molar-refractivity contribution in [1.29, 1.82) is 0 Å². The number of aliphatic hydroxyl groups is 1. The Morgan fingerprint density at radius 1 is 0.718 bits per heavy atom. The molecule has 0 bridgehead atoms. The van der Waals surface area contributed by atoms with Gasteiger partial charge in [-0.05, 0) is 49.2 Å². The minimum absolute atomic E-state index is 0.122. The van der Waals surface area contributed by atoms with Gasteiger partial charge in [-0.1, -0.05) is 13.8 Å². The molecule has 0 aromatic rings. The molecule has 16 heteroatoms. The first-order chi connectivity index (χ1) is 18.3. The van der Waals surface area contributed by atoms with Crippen LogP contribution in [0, 0.1) is 5.92 Å². The Hall–Kier alpha value is -2.56. The third-order valence-corrected chi connectivity index (χ3v) is 6.82. The molecule has 0 saturated heterocycles. The molecule has 0 aromatic carbocycles. The quantitative estimate of drug-likeness (QED) is 0.0791. The Labute approximate surface area is 236 Å². The Morgan fingerprint density at radius 2 is 1.18 bits per heavy atom. The summed E-state index contributed by atoms with van der Waals surface area (Å²) in [4.78, 5) is 73.9. The maximum absolute atomic E-state index is 13.2. The molecule has 0 aliphatic rings. The van der Waals surface area contributed by atoms with Gasteiger partial charge in [0.15, 0.2) is 0 Å². The summed E-state index contributed by atoms with van der Waals surface area (Å²) in [7, 11) is 0. The van der Waals surface area contributed by atoms with Gasteiger partial charge in [-0.15, -0.1) is 0 Å². The van der Waals surface area contributed by atoms with Crippen molar-refractivity contribution in [3.63, 3.8) is 0 Å². The molecule has 39 heavy (non-hydrogen) atoms. The van der Waals surface area contributed by atoms with Crippen LogP contribution in [0.1, 0.15) is 39.5 Å². The van der Waals surface area contributed by atoms with E-state index in [1.54, 1.807) is 26.4 Å². The van der Waals surface area contributed by atoms with Crippen LogP contribution >= 0.6 is 23.5 Å². The zero-order chi connectivity index (χ0) is 30.1. The standard InChI is InChI=1S/C23H41N5O9S2/c1-12(2)18(28-19(32)13(24)11-29)22(35)26-15(7-9-38-3)21(34)25-14(5-6-17(30)31)20(33)27-16(23(36)37)8-10-39-4/h12-16,18,29H,5-11,24H2,1-4H3,(H,25,34)(H,26,35)(H,27,33)(H,28,32)(H,30,31)(H,36,37)/t13-,14-,15-,16-,18-/m0/s1. The fourth-order valence-electron chi connectivity index (χ4n) is 3.22. The highest BCUT2D eigenvalue weighted by atomic mass is 32.2. The molecular formula is C23H41N5O9S2. The predicted molar refractivity (Wildman–Crippen MR) is 148 cm³/mol. The monoisotopic (exact) mass is 595 g/mol. The minimum atomic E-state index is -1.37. The Bertz CT molecular complexity index is 847. The van der Waals surface area contributed by atoms with E-state index in [9.17, 15) is 33.9 Å². The van der Waals surface area contributed by atoms with E-state index < -0.39 is 84.7 Å². The Morgan fingerprint density at radius 3 is 1.62 bits per heavy atom. The fraction of sp³-hybridized carbons (Fsp3) is 0.739. The second kappa shape index (κ2) is 19.5. The first kappa shape index (κ1) is 36.4. The number of carboxylic acids is 2. The van der Waals surface area contributed by atoms with Gasteiger partial charge in [0.2, 0.25) is 23.6 Å². The van der Waals surface area contributed by atoms with Crippen LogP contribution in [0.3, 0.4) is 0 Å². The molecule has 9 N–H and O–H groups in total. The number of rotatable bonds is 20. The van der Waals surface area contributed by atoms with Crippen molar-refractivity contribution < 1.29 is 44.1 Å². The average molecular weight is 596 g/mol. The summed E-state index contributed by atoms with van der Waals surface area (Å²) in [6.07, 6.45) is 3.04. The van der Waals surface area contributed by atoms with E-state index in [-0.39, 0.29) is 19.3 Å². The molecule has 0 aliphatic heterocycles.